The number of hydrogen-bond donors (Lipinski definition) is 0. The zero-order chi connectivity index (χ0) is 10.8. The molecule has 0 N–H and O–H groups in total. The summed E-state index contributed by atoms with van der Waals surface area (Å²) < 4.78 is 5.45. The Kier molecular flexibility index (Phi) is 8.01. The van der Waals surface area contributed by atoms with Gasteiger partial charge < -0.3 is 4.74 Å². The van der Waals surface area contributed by atoms with Crippen LogP contribution in [-0.4, -0.2) is 6.61 Å². The van der Waals surface area contributed by atoms with Crippen molar-refractivity contribution in [3.8, 4) is 5.75 Å². The van der Waals surface area contributed by atoms with Crippen molar-refractivity contribution in [3.63, 3.8) is 0 Å². The Morgan fingerprint density at radius 1 is 1.00 bits per heavy atom. The maximum absolute atomic E-state index is 5.45. The number of hydrogen-bond acceptors (Lipinski definition) is 1. The van der Waals surface area contributed by atoms with E-state index in [2.05, 4.69) is 26.0 Å². The molecule has 0 spiro atoms. The highest BCUT2D eigenvalue weighted by atomic mass is 16.5. The molecule has 0 radical (unpaired) electrons. The first kappa shape index (κ1) is 13.0. The Hall–Kier alpha value is -0.980. The Labute approximate surface area is 88.1 Å². The molecule has 1 heteroatoms. The molecular formula is C13H22O. The smallest absolute Gasteiger partial charge is 0.119 e. The lowest BCUT2D eigenvalue weighted by atomic mass is 10.2. The molecule has 0 saturated heterocycles. The molecule has 1 rings (SSSR count). The molecule has 1 aromatic carbocycles. The van der Waals surface area contributed by atoms with Crippen molar-refractivity contribution in [3.05, 3.63) is 29.8 Å². The van der Waals surface area contributed by atoms with E-state index < -0.39 is 0 Å². The second kappa shape index (κ2) is 8.61. The van der Waals surface area contributed by atoms with E-state index >= 15 is 0 Å². The van der Waals surface area contributed by atoms with Crippen molar-refractivity contribution in [2.24, 2.45) is 0 Å². The quantitative estimate of drug-likeness (QED) is 0.702. The SMILES string of the molecule is CC.CCCOc1ccc(CC)cc1. The molecule has 0 unspecified atom stereocenters. The average Bonchev–Trinajstić information content (AvgIpc) is 2.30. The second-order valence-electron chi connectivity index (χ2n) is 2.85. The maximum atomic E-state index is 5.45. The van der Waals surface area contributed by atoms with Gasteiger partial charge in [-0.1, -0.05) is 39.8 Å². The van der Waals surface area contributed by atoms with E-state index in [1.54, 1.807) is 0 Å². The van der Waals surface area contributed by atoms with Crippen molar-refractivity contribution in [2.75, 3.05) is 6.61 Å². The van der Waals surface area contributed by atoms with Crippen LogP contribution in [0.5, 0.6) is 5.75 Å². The van der Waals surface area contributed by atoms with Gasteiger partial charge in [-0.15, -0.1) is 0 Å². The molecule has 0 fully saturated rings. The lowest BCUT2D eigenvalue weighted by Gasteiger charge is -2.04. The summed E-state index contributed by atoms with van der Waals surface area (Å²) in [5.41, 5.74) is 1.36. The predicted octanol–water partition coefficient (Wildman–Crippen LogP) is 4.06. The van der Waals surface area contributed by atoms with Crippen LogP contribution in [0, 0.1) is 0 Å². The molecule has 0 aliphatic rings. The molecule has 1 aromatic rings. The molecule has 0 aliphatic heterocycles. The summed E-state index contributed by atoms with van der Waals surface area (Å²) in [6.07, 6.45) is 2.16. The summed E-state index contributed by atoms with van der Waals surface area (Å²) in [5.74, 6) is 0.981. The van der Waals surface area contributed by atoms with Gasteiger partial charge in [-0.05, 0) is 30.5 Å². The van der Waals surface area contributed by atoms with Gasteiger partial charge >= 0.3 is 0 Å². The van der Waals surface area contributed by atoms with Crippen molar-refractivity contribution >= 4 is 0 Å². The van der Waals surface area contributed by atoms with Gasteiger partial charge in [-0.3, -0.25) is 0 Å². The van der Waals surface area contributed by atoms with Crippen molar-refractivity contribution in [1.82, 2.24) is 0 Å². The summed E-state index contributed by atoms with van der Waals surface area (Å²) in [5, 5.41) is 0. The monoisotopic (exact) mass is 194 g/mol. The molecular weight excluding hydrogens is 172 g/mol. The highest BCUT2D eigenvalue weighted by Crippen LogP contribution is 2.12. The minimum Gasteiger partial charge on any atom is -0.494 e. The molecule has 0 saturated carbocycles. The van der Waals surface area contributed by atoms with E-state index in [0.717, 1.165) is 25.2 Å². The molecule has 0 atom stereocenters. The number of aryl methyl sites for hydroxylation is 1. The van der Waals surface area contributed by atoms with E-state index in [9.17, 15) is 0 Å². The van der Waals surface area contributed by atoms with Crippen LogP contribution in [0.3, 0.4) is 0 Å². The first-order chi connectivity index (χ1) is 6.86. The minimum absolute atomic E-state index is 0.811. The van der Waals surface area contributed by atoms with Crippen molar-refractivity contribution < 1.29 is 4.74 Å². The molecule has 1 nitrogen and oxygen atoms in total. The summed E-state index contributed by atoms with van der Waals surface area (Å²) >= 11 is 0. The minimum atomic E-state index is 0.811. The number of rotatable bonds is 4. The van der Waals surface area contributed by atoms with E-state index in [1.165, 1.54) is 5.56 Å². The van der Waals surface area contributed by atoms with Crippen LogP contribution in [0.25, 0.3) is 0 Å². The van der Waals surface area contributed by atoms with Gasteiger partial charge in [0.1, 0.15) is 5.75 Å². The fourth-order valence-corrected chi connectivity index (χ4v) is 1.04. The van der Waals surface area contributed by atoms with Gasteiger partial charge in [0.15, 0.2) is 0 Å². The first-order valence-corrected chi connectivity index (χ1v) is 5.58. The van der Waals surface area contributed by atoms with Crippen LogP contribution in [0.1, 0.15) is 39.7 Å². The lowest BCUT2D eigenvalue weighted by Crippen LogP contribution is -1.94. The third-order valence-electron chi connectivity index (χ3n) is 1.80. The summed E-state index contributed by atoms with van der Waals surface area (Å²) in [6, 6.07) is 8.30. The Balaban J connectivity index is 0.000000791. The van der Waals surface area contributed by atoms with Crippen LogP contribution < -0.4 is 4.74 Å². The molecule has 14 heavy (non-hydrogen) atoms. The zero-order valence-electron chi connectivity index (χ0n) is 9.84. The number of ether oxygens (including phenoxy) is 1. The lowest BCUT2D eigenvalue weighted by molar-refractivity contribution is 0.317. The maximum Gasteiger partial charge on any atom is 0.119 e. The van der Waals surface area contributed by atoms with Gasteiger partial charge in [-0.25, -0.2) is 0 Å². The normalized spacial score (nSPS) is 8.86. The van der Waals surface area contributed by atoms with Gasteiger partial charge in [0.2, 0.25) is 0 Å². The van der Waals surface area contributed by atoms with E-state index in [-0.39, 0.29) is 0 Å². The number of benzene rings is 1. The van der Waals surface area contributed by atoms with Crippen LogP contribution in [0.15, 0.2) is 24.3 Å². The molecule has 0 aromatic heterocycles. The highest BCUT2D eigenvalue weighted by molar-refractivity contribution is 5.27. The van der Waals surface area contributed by atoms with Crippen molar-refractivity contribution in [2.45, 2.75) is 40.5 Å². The van der Waals surface area contributed by atoms with Crippen molar-refractivity contribution in [1.29, 1.82) is 0 Å². The van der Waals surface area contributed by atoms with Gasteiger partial charge in [0, 0.05) is 0 Å². The van der Waals surface area contributed by atoms with Crippen LogP contribution in [0.2, 0.25) is 0 Å². The molecule has 0 heterocycles. The third-order valence-corrected chi connectivity index (χ3v) is 1.80. The molecule has 0 amide bonds. The van der Waals surface area contributed by atoms with Crippen LogP contribution >= 0.6 is 0 Å². The van der Waals surface area contributed by atoms with E-state index in [1.807, 2.05) is 26.0 Å². The predicted molar refractivity (Wildman–Crippen MR) is 63.0 cm³/mol. The zero-order valence-corrected chi connectivity index (χ0v) is 9.84. The Bertz CT molecular complexity index is 213. The van der Waals surface area contributed by atoms with Gasteiger partial charge in [0.05, 0.1) is 6.61 Å². The Morgan fingerprint density at radius 3 is 2.00 bits per heavy atom. The standard InChI is InChI=1S/C11H16O.C2H6/c1-3-9-12-11-7-5-10(4-2)6-8-11;1-2/h5-8H,3-4,9H2,1-2H3;1-2H3. The highest BCUT2D eigenvalue weighted by Gasteiger charge is 1.91. The van der Waals surface area contributed by atoms with Gasteiger partial charge in [0.25, 0.3) is 0 Å². The molecule has 0 aliphatic carbocycles. The summed E-state index contributed by atoms with van der Waals surface area (Å²) in [6.45, 7) is 9.08. The molecule has 0 bridgehead atoms. The fourth-order valence-electron chi connectivity index (χ4n) is 1.04. The van der Waals surface area contributed by atoms with Crippen LogP contribution in [-0.2, 0) is 6.42 Å². The summed E-state index contributed by atoms with van der Waals surface area (Å²) in [4.78, 5) is 0. The largest absolute Gasteiger partial charge is 0.494 e. The average molecular weight is 194 g/mol. The van der Waals surface area contributed by atoms with E-state index in [4.69, 9.17) is 4.74 Å². The Morgan fingerprint density at radius 2 is 1.57 bits per heavy atom. The first-order valence-electron chi connectivity index (χ1n) is 5.58. The molecule has 80 valence electrons. The summed E-state index contributed by atoms with van der Waals surface area (Å²) in [7, 11) is 0. The second-order valence-corrected chi connectivity index (χ2v) is 2.85. The van der Waals surface area contributed by atoms with E-state index in [0.29, 0.717) is 0 Å². The fraction of sp³-hybridized carbons (Fsp3) is 0.538. The van der Waals surface area contributed by atoms with Crippen LogP contribution in [0.4, 0.5) is 0 Å². The third kappa shape index (κ3) is 4.90. The topological polar surface area (TPSA) is 9.23 Å². The van der Waals surface area contributed by atoms with Gasteiger partial charge in [-0.2, -0.15) is 0 Å².